The molecule has 0 aromatic heterocycles. The minimum Gasteiger partial charge on any atom is -0.410 e. The van der Waals surface area contributed by atoms with Crippen molar-refractivity contribution < 1.29 is 18.4 Å². The lowest BCUT2D eigenvalue weighted by Gasteiger charge is -2.39. The number of Topliss-reactive ketones (excluding diaryl/α,β-unsaturated/α-hetero) is 1. The molecule has 0 heterocycles. The van der Waals surface area contributed by atoms with Gasteiger partial charge in [0, 0.05) is 19.3 Å². The summed E-state index contributed by atoms with van der Waals surface area (Å²) < 4.78 is 22.4. The number of carbonyl (C=O) groups excluding carboxylic acids is 2. The van der Waals surface area contributed by atoms with Gasteiger partial charge in [-0.05, 0) is 108 Å². The molecular weight excluding hydrogens is 676 g/mol. The lowest BCUT2D eigenvalue weighted by Crippen LogP contribution is -2.42. The summed E-state index contributed by atoms with van der Waals surface area (Å²) >= 11 is 5.61. The summed E-state index contributed by atoms with van der Waals surface area (Å²) in [5.74, 6) is -1.84. The number of rotatable bonds is 10. The second-order valence-corrected chi connectivity index (χ2v) is 17.8. The third-order valence-corrected chi connectivity index (χ3v) is 12.8. The van der Waals surface area contributed by atoms with E-state index in [2.05, 4.69) is 77.7 Å². The molecule has 0 spiro atoms. The quantitative estimate of drug-likeness (QED) is 0.0989. The van der Waals surface area contributed by atoms with E-state index in [1.807, 2.05) is 24.3 Å². The first-order valence-corrected chi connectivity index (χ1v) is 17.3. The van der Waals surface area contributed by atoms with Gasteiger partial charge in [0.2, 0.25) is 5.91 Å². The van der Waals surface area contributed by atoms with Crippen molar-refractivity contribution >= 4 is 64.2 Å². The van der Waals surface area contributed by atoms with Gasteiger partial charge in [-0.2, -0.15) is 0 Å². The van der Waals surface area contributed by atoms with Crippen LogP contribution < -0.4 is 5.32 Å². The van der Waals surface area contributed by atoms with Crippen LogP contribution in [0.4, 0.5) is 10.1 Å². The Labute approximate surface area is 248 Å². The lowest BCUT2D eigenvalue weighted by atomic mass is 9.90. The highest BCUT2D eigenvalue weighted by Gasteiger charge is 2.40. The van der Waals surface area contributed by atoms with Gasteiger partial charge in [-0.25, -0.2) is 4.39 Å². The van der Waals surface area contributed by atoms with Gasteiger partial charge in [-0.15, -0.1) is 0 Å². The zero-order valence-corrected chi connectivity index (χ0v) is 27.1. The minimum atomic E-state index is -2.21. The fourth-order valence-corrected chi connectivity index (χ4v) is 5.72. The predicted octanol–water partition coefficient (Wildman–Crippen LogP) is 9.17. The maximum atomic E-state index is 13.7. The molecule has 1 amide bonds. The van der Waals surface area contributed by atoms with Crippen LogP contribution in [0.3, 0.4) is 0 Å². The fraction of sp³-hybridized carbons (Fsp3) is 0.333. The second-order valence-electron chi connectivity index (χ2n) is 10.9. The highest BCUT2D eigenvalue weighted by atomic mass is 127. The molecule has 0 aliphatic rings. The monoisotopic (exact) mass is 709 g/mol. The van der Waals surface area contributed by atoms with Crippen LogP contribution in [-0.4, -0.2) is 20.0 Å². The van der Waals surface area contributed by atoms with E-state index in [9.17, 15) is 14.0 Å². The Morgan fingerprint density at radius 3 is 2.08 bits per heavy atom. The second kappa shape index (κ2) is 13.0. The van der Waals surface area contributed by atoms with Crippen molar-refractivity contribution in [3.63, 3.8) is 0 Å². The first-order valence-electron chi connectivity index (χ1n) is 12.6. The Kier molecular flexibility index (Phi) is 10.5. The SMILES string of the molecule is CC(C)(C)[Si](C)(C)O[C@@H](CC[C@H](C(=O)Nc1ccc(I)cc1)C(=O)c1ccc(Br)cc1)c1ccc(F)cc1. The van der Waals surface area contributed by atoms with E-state index in [4.69, 9.17) is 4.43 Å². The summed E-state index contributed by atoms with van der Waals surface area (Å²) in [6.07, 6.45) is 0.343. The number of halogens is 3. The lowest BCUT2D eigenvalue weighted by molar-refractivity contribution is -0.118. The van der Waals surface area contributed by atoms with Crippen molar-refractivity contribution in [2.75, 3.05) is 5.32 Å². The average molecular weight is 710 g/mol. The van der Waals surface area contributed by atoms with Gasteiger partial charge >= 0.3 is 0 Å². The Bertz CT molecular complexity index is 1240. The van der Waals surface area contributed by atoms with Gasteiger partial charge < -0.3 is 9.74 Å². The van der Waals surface area contributed by atoms with Crippen LogP contribution in [0, 0.1) is 15.3 Å². The molecule has 0 aliphatic heterocycles. The molecule has 3 aromatic carbocycles. The molecule has 38 heavy (non-hydrogen) atoms. The third-order valence-electron chi connectivity index (χ3n) is 7.08. The molecule has 0 aliphatic carbocycles. The number of hydrogen-bond acceptors (Lipinski definition) is 3. The summed E-state index contributed by atoms with van der Waals surface area (Å²) in [6.45, 7) is 10.8. The summed E-state index contributed by atoms with van der Waals surface area (Å²) in [6, 6.07) is 20.8. The normalized spacial score (nSPS) is 13.6. The highest BCUT2D eigenvalue weighted by Crippen LogP contribution is 2.41. The predicted molar refractivity (Wildman–Crippen MR) is 166 cm³/mol. The van der Waals surface area contributed by atoms with E-state index in [0.29, 0.717) is 17.7 Å². The molecule has 0 bridgehead atoms. The number of amides is 1. The molecule has 8 heteroatoms. The maximum absolute atomic E-state index is 13.7. The number of carbonyl (C=O) groups is 2. The van der Waals surface area contributed by atoms with Crippen molar-refractivity contribution in [3.05, 3.63) is 97.8 Å². The van der Waals surface area contributed by atoms with Crippen molar-refractivity contribution in [1.82, 2.24) is 0 Å². The maximum Gasteiger partial charge on any atom is 0.235 e. The number of nitrogens with one attached hydrogen (secondary N) is 1. The van der Waals surface area contributed by atoms with E-state index in [1.165, 1.54) is 12.1 Å². The number of hydrogen-bond donors (Lipinski definition) is 1. The molecule has 3 aromatic rings. The largest absolute Gasteiger partial charge is 0.410 e. The van der Waals surface area contributed by atoms with Crippen molar-refractivity contribution in [3.8, 4) is 0 Å². The van der Waals surface area contributed by atoms with E-state index < -0.39 is 14.2 Å². The Balaban J connectivity index is 1.91. The molecule has 0 saturated heterocycles. The fourth-order valence-electron chi connectivity index (χ4n) is 3.78. The number of ketones is 1. The molecule has 4 nitrogen and oxygen atoms in total. The van der Waals surface area contributed by atoms with Crippen LogP contribution in [0.1, 0.15) is 55.6 Å². The van der Waals surface area contributed by atoms with Crippen LogP contribution in [0.15, 0.2) is 77.3 Å². The molecule has 0 unspecified atom stereocenters. The Morgan fingerprint density at radius 1 is 0.947 bits per heavy atom. The molecule has 2 atom stereocenters. The number of anilines is 1. The van der Waals surface area contributed by atoms with Crippen LogP contribution in [0.2, 0.25) is 18.1 Å². The van der Waals surface area contributed by atoms with Crippen LogP contribution in [0.25, 0.3) is 0 Å². The van der Waals surface area contributed by atoms with E-state index >= 15 is 0 Å². The standard InChI is InChI=1S/C30H34BrFINO3Si/c1-30(2,3)38(4,5)37-27(20-8-12-23(32)13-9-20)19-18-26(28(35)21-6-10-22(31)11-7-21)29(36)34-25-16-14-24(33)15-17-25/h6-17,26-27H,18-19H2,1-5H3,(H,34,36)/t26-,27-/m0/s1. The van der Waals surface area contributed by atoms with Gasteiger partial charge in [0.25, 0.3) is 0 Å². The van der Waals surface area contributed by atoms with Crippen molar-refractivity contribution in [1.29, 1.82) is 0 Å². The summed E-state index contributed by atoms with van der Waals surface area (Å²) in [7, 11) is -2.21. The smallest absolute Gasteiger partial charge is 0.235 e. The summed E-state index contributed by atoms with van der Waals surface area (Å²) in [4.78, 5) is 27.1. The first-order chi connectivity index (χ1) is 17.8. The molecule has 202 valence electrons. The molecule has 1 N–H and O–H groups in total. The van der Waals surface area contributed by atoms with E-state index in [1.54, 1.807) is 36.4 Å². The molecule has 0 fully saturated rings. The molecule has 0 saturated carbocycles. The summed E-state index contributed by atoms with van der Waals surface area (Å²) in [5, 5.41) is 2.88. The average Bonchev–Trinajstić information content (AvgIpc) is 2.85. The minimum absolute atomic E-state index is 0.0415. The zero-order valence-electron chi connectivity index (χ0n) is 22.4. The number of benzene rings is 3. The van der Waals surface area contributed by atoms with Gasteiger partial charge in [0.1, 0.15) is 11.7 Å². The van der Waals surface area contributed by atoms with Crippen LogP contribution >= 0.6 is 38.5 Å². The third kappa shape index (κ3) is 8.31. The van der Waals surface area contributed by atoms with E-state index in [0.717, 1.165) is 13.6 Å². The Hall–Kier alpha value is -1.88. The van der Waals surface area contributed by atoms with Gasteiger partial charge in [0.05, 0.1) is 6.10 Å². The molecular formula is C30H34BrFINO3Si. The van der Waals surface area contributed by atoms with Crippen LogP contribution in [0.5, 0.6) is 0 Å². The molecule has 0 radical (unpaired) electrons. The van der Waals surface area contributed by atoms with Gasteiger partial charge in [-0.3, -0.25) is 9.59 Å². The van der Waals surface area contributed by atoms with Crippen molar-refractivity contribution in [2.45, 2.75) is 57.8 Å². The van der Waals surface area contributed by atoms with E-state index in [-0.39, 0.29) is 35.1 Å². The highest BCUT2D eigenvalue weighted by molar-refractivity contribution is 14.1. The topological polar surface area (TPSA) is 55.4 Å². The zero-order chi connectivity index (χ0) is 28.1. The van der Waals surface area contributed by atoms with Gasteiger partial charge in [-0.1, -0.05) is 61.0 Å². The summed E-state index contributed by atoms with van der Waals surface area (Å²) in [5.41, 5.74) is 1.94. The molecule has 3 rings (SSSR count). The van der Waals surface area contributed by atoms with Crippen molar-refractivity contribution in [2.24, 2.45) is 5.92 Å². The first kappa shape index (κ1) is 30.7. The van der Waals surface area contributed by atoms with Crippen LogP contribution in [-0.2, 0) is 9.22 Å². The Morgan fingerprint density at radius 2 is 1.53 bits per heavy atom. The van der Waals surface area contributed by atoms with Gasteiger partial charge in [0.15, 0.2) is 14.1 Å².